The highest BCUT2D eigenvalue weighted by atomic mass is 16.5. The van der Waals surface area contributed by atoms with Gasteiger partial charge in [-0.15, -0.1) is 0 Å². The van der Waals surface area contributed by atoms with E-state index in [0.717, 1.165) is 0 Å². The Bertz CT molecular complexity index is 448. The topological polar surface area (TPSA) is 79.6 Å². The molecule has 84 valence electrons. The molecule has 0 aliphatic carbocycles. The second-order valence-electron chi connectivity index (χ2n) is 2.90. The summed E-state index contributed by atoms with van der Waals surface area (Å²) in [6, 6.07) is 4.32. The summed E-state index contributed by atoms with van der Waals surface area (Å²) in [6.07, 6.45) is 0. The zero-order valence-electron chi connectivity index (χ0n) is 8.98. The van der Waals surface area contributed by atoms with E-state index in [-0.39, 0.29) is 29.2 Å². The number of phenolic OH excluding ortho intramolecular Hbond substituents is 1. The Balaban J connectivity index is 3.22. The van der Waals surface area contributed by atoms with Crippen molar-refractivity contribution in [1.29, 1.82) is 5.26 Å². The lowest BCUT2D eigenvalue weighted by molar-refractivity contribution is 0.0523. The van der Waals surface area contributed by atoms with Gasteiger partial charge in [-0.3, -0.25) is 0 Å². The summed E-state index contributed by atoms with van der Waals surface area (Å²) in [5.74, 6) is -0.721. The minimum atomic E-state index is -0.667. The molecular formula is C11H11NO4. The number of carbonyl (C=O) groups excluding carboxylic acids is 1. The number of aromatic hydroxyl groups is 1. The second kappa shape index (κ2) is 5.03. The van der Waals surface area contributed by atoms with Crippen LogP contribution in [-0.2, 0) is 4.74 Å². The zero-order chi connectivity index (χ0) is 12.1. The first-order valence-electron chi connectivity index (χ1n) is 4.62. The van der Waals surface area contributed by atoms with Gasteiger partial charge in [0.25, 0.3) is 0 Å². The molecule has 5 heteroatoms. The largest absolute Gasteiger partial charge is 0.507 e. The molecule has 0 heterocycles. The summed E-state index contributed by atoms with van der Waals surface area (Å²) in [5.41, 5.74) is 0.127. The first kappa shape index (κ1) is 11.9. The average molecular weight is 221 g/mol. The molecule has 0 unspecified atom stereocenters. The molecule has 1 N–H and O–H groups in total. The molecule has 0 spiro atoms. The molecule has 0 atom stereocenters. The summed E-state index contributed by atoms with van der Waals surface area (Å²) in [6.45, 7) is 1.86. The monoisotopic (exact) mass is 221 g/mol. The van der Waals surface area contributed by atoms with E-state index in [4.69, 9.17) is 14.7 Å². The standard InChI is InChI=1S/C11H11NO4/c1-3-16-11(14)8-4-7(6-12)10(15-2)5-9(8)13/h4-5,13H,3H2,1-2H3. The van der Waals surface area contributed by atoms with Crippen molar-refractivity contribution in [1.82, 2.24) is 0 Å². The first-order chi connectivity index (χ1) is 7.63. The number of nitrogens with zero attached hydrogens (tertiary/aromatic N) is 1. The highest BCUT2D eigenvalue weighted by molar-refractivity contribution is 5.93. The summed E-state index contributed by atoms with van der Waals surface area (Å²) in [5, 5.41) is 18.4. The third kappa shape index (κ3) is 2.23. The first-order valence-corrected chi connectivity index (χ1v) is 4.62. The maximum absolute atomic E-state index is 11.4. The van der Waals surface area contributed by atoms with Crippen molar-refractivity contribution in [2.45, 2.75) is 6.92 Å². The summed E-state index contributed by atoms with van der Waals surface area (Å²) < 4.78 is 9.61. The number of nitriles is 1. The molecule has 0 saturated heterocycles. The van der Waals surface area contributed by atoms with Crippen LogP contribution in [0.1, 0.15) is 22.8 Å². The molecule has 0 aliphatic heterocycles. The summed E-state index contributed by atoms with van der Waals surface area (Å²) in [4.78, 5) is 11.4. The molecule has 0 aliphatic rings. The molecule has 0 fully saturated rings. The van der Waals surface area contributed by atoms with Crippen LogP contribution in [0.5, 0.6) is 11.5 Å². The van der Waals surface area contributed by atoms with Gasteiger partial charge in [0.2, 0.25) is 0 Å². The average Bonchev–Trinajstić information content (AvgIpc) is 2.28. The Morgan fingerprint density at radius 1 is 1.56 bits per heavy atom. The van der Waals surface area contributed by atoms with E-state index in [9.17, 15) is 9.90 Å². The molecule has 0 bridgehead atoms. The highest BCUT2D eigenvalue weighted by Gasteiger charge is 2.16. The van der Waals surface area contributed by atoms with Crippen molar-refractivity contribution in [3.05, 3.63) is 23.3 Å². The van der Waals surface area contributed by atoms with Crippen LogP contribution in [0.4, 0.5) is 0 Å². The molecule has 1 rings (SSSR count). The van der Waals surface area contributed by atoms with Crippen LogP contribution in [0.25, 0.3) is 0 Å². The van der Waals surface area contributed by atoms with Crippen molar-refractivity contribution in [2.24, 2.45) is 0 Å². The number of hydrogen-bond acceptors (Lipinski definition) is 5. The van der Waals surface area contributed by atoms with Gasteiger partial charge in [-0.25, -0.2) is 4.79 Å². The van der Waals surface area contributed by atoms with E-state index in [1.165, 1.54) is 19.2 Å². The van der Waals surface area contributed by atoms with Crippen LogP contribution in [0.15, 0.2) is 12.1 Å². The van der Waals surface area contributed by atoms with Crippen molar-refractivity contribution < 1.29 is 19.4 Å². The zero-order valence-corrected chi connectivity index (χ0v) is 8.98. The lowest BCUT2D eigenvalue weighted by atomic mass is 10.1. The van der Waals surface area contributed by atoms with Gasteiger partial charge < -0.3 is 14.6 Å². The van der Waals surface area contributed by atoms with E-state index >= 15 is 0 Å². The van der Waals surface area contributed by atoms with Crippen molar-refractivity contribution in [3.63, 3.8) is 0 Å². The molecule has 0 saturated carbocycles. The molecule has 5 nitrogen and oxygen atoms in total. The predicted molar refractivity (Wildman–Crippen MR) is 55.3 cm³/mol. The van der Waals surface area contributed by atoms with Crippen molar-refractivity contribution in [3.8, 4) is 17.6 Å². The quantitative estimate of drug-likeness (QED) is 0.781. The predicted octanol–water partition coefficient (Wildman–Crippen LogP) is 1.45. The normalized spacial score (nSPS) is 9.31. The van der Waals surface area contributed by atoms with Crippen LogP contribution in [0.3, 0.4) is 0 Å². The second-order valence-corrected chi connectivity index (χ2v) is 2.90. The maximum Gasteiger partial charge on any atom is 0.341 e. The SMILES string of the molecule is CCOC(=O)c1cc(C#N)c(OC)cc1O. The van der Waals surface area contributed by atoms with Crippen molar-refractivity contribution in [2.75, 3.05) is 13.7 Å². The lowest BCUT2D eigenvalue weighted by Gasteiger charge is -2.07. The molecule has 1 aromatic rings. The minimum Gasteiger partial charge on any atom is -0.507 e. The van der Waals surface area contributed by atoms with Crippen LogP contribution in [-0.4, -0.2) is 24.8 Å². The molecule has 0 aromatic heterocycles. The van der Waals surface area contributed by atoms with E-state index in [1.54, 1.807) is 6.92 Å². The van der Waals surface area contributed by atoms with Gasteiger partial charge in [-0.2, -0.15) is 5.26 Å². The van der Waals surface area contributed by atoms with E-state index in [2.05, 4.69) is 0 Å². The number of hydrogen-bond donors (Lipinski definition) is 1. The fourth-order valence-electron chi connectivity index (χ4n) is 1.20. The van der Waals surface area contributed by atoms with Gasteiger partial charge in [0.15, 0.2) is 0 Å². The Hall–Kier alpha value is -2.22. The van der Waals surface area contributed by atoms with Crippen LogP contribution >= 0.6 is 0 Å². The van der Waals surface area contributed by atoms with Gasteiger partial charge in [-0.1, -0.05) is 0 Å². The number of ether oxygens (including phenoxy) is 2. The smallest absolute Gasteiger partial charge is 0.341 e. The van der Waals surface area contributed by atoms with Gasteiger partial charge in [0.05, 0.1) is 19.3 Å². The number of benzene rings is 1. The fraction of sp³-hybridized carbons (Fsp3) is 0.273. The van der Waals surface area contributed by atoms with Crippen LogP contribution in [0, 0.1) is 11.3 Å². The Kier molecular flexibility index (Phi) is 3.72. The number of methoxy groups -OCH3 is 1. The molecule has 1 aromatic carbocycles. The van der Waals surface area contributed by atoms with Gasteiger partial charge in [-0.05, 0) is 13.0 Å². The van der Waals surface area contributed by atoms with Gasteiger partial charge in [0.1, 0.15) is 23.1 Å². The van der Waals surface area contributed by atoms with Crippen LogP contribution in [0.2, 0.25) is 0 Å². The van der Waals surface area contributed by atoms with Gasteiger partial charge >= 0.3 is 5.97 Å². The van der Waals surface area contributed by atoms with Crippen molar-refractivity contribution >= 4 is 5.97 Å². The number of phenols is 1. The van der Waals surface area contributed by atoms with Crippen LogP contribution < -0.4 is 4.74 Å². The third-order valence-corrected chi connectivity index (χ3v) is 1.93. The molecule has 0 amide bonds. The Morgan fingerprint density at radius 2 is 2.25 bits per heavy atom. The van der Waals surface area contributed by atoms with E-state index < -0.39 is 5.97 Å². The number of carbonyl (C=O) groups is 1. The maximum atomic E-state index is 11.4. The van der Waals surface area contributed by atoms with E-state index in [1.807, 2.05) is 6.07 Å². The summed E-state index contributed by atoms with van der Waals surface area (Å²) >= 11 is 0. The van der Waals surface area contributed by atoms with E-state index in [0.29, 0.717) is 0 Å². The number of esters is 1. The minimum absolute atomic E-state index is 0.0424. The fourth-order valence-corrected chi connectivity index (χ4v) is 1.20. The summed E-state index contributed by atoms with van der Waals surface area (Å²) in [7, 11) is 1.37. The highest BCUT2D eigenvalue weighted by Crippen LogP contribution is 2.28. The number of rotatable bonds is 3. The molecule has 16 heavy (non-hydrogen) atoms. The lowest BCUT2D eigenvalue weighted by Crippen LogP contribution is -2.05. The van der Waals surface area contributed by atoms with Gasteiger partial charge in [0, 0.05) is 6.07 Å². The molecular weight excluding hydrogens is 210 g/mol. The molecule has 0 radical (unpaired) electrons. The Labute approximate surface area is 92.8 Å². The Morgan fingerprint density at radius 3 is 2.75 bits per heavy atom. The third-order valence-electron chi connectivity index (χ3n) is 1.93.